The third-order valence-electron chi connectivity index (χ3n) is 3.83. The first-order chi connectivity index (χ1) is 8.18. The summed E-state index contributed by atoms with van der Waals surface area (Å²) in [5, 5.41) is 0. The molecule has 1 aromatic rings. The number of nitrogens with zero attached hydrogens (tertiary/aromatic N) is 1. The first kappa shape index (κ1) is 10.8. The lowest BCUT2D eigenvalue weighted by molar-refractivity contribution is 0.101. The Kier molecular flexibility index (Phi) is 2.42. The van der Waals surface area contributed by atoms with Gasteiger partial charge in [0.1, 0.15) is 0 Å². The van der Waals surface area contributed by atoms with E-state index in [0.717, 1.165) is 25.7 Å². The maximum Gasteiger partial charge on any atom is 0.261 e. The predicted octanol–water partition coefficient (Wildman–Crippen LogP) is 2.26. The zero-order valence-electron chi connectivity index (χ0n) is 10.2. The molecule has 1 heterocycles. The fraction of sp³-hybridized carbons (Fsp3) is 0.571. The van der Waals surface area contributed by atoms with Crippen LogP contribution in [0.25, 0.3) is 0 Å². The molecule has 3 rings (SSSR count). The van der Waals surface area contributed by atoms with Crippen LogP contribution in [0, 0.1) is 0 Å². The lowest BCUT2D eigenvalue weighted by atomic mass is 9.93. The van der Waals surface area contributed by atoms with Crippen molar-refractivity contribution in [3.63, 3.8) is 0 Å². The van der Waals surface area contributed by atoms with Crippen LogP contribution in [0.15, 0.2) is 10.9 Å². The van der Waals surface area contributed by atoms with E-state index in [9.17, 15) is 9.59 Å². The predicted molar refractivity (Wildman–Crippen MR) is 65.6 cm³/mol. The minimum Gasteiger partial charge on any atom is -0.309 e. The third-order valence-corrected chi connectivity index (χ3v) is 3.83. The molecule has 0 aromatic carbocycles. The van der Waals surface area contributed by atoms with E-state index in [0.29, 0.717) is 11.6 Å². The summed E-state index contributed by atoms with van der Waals surface area (Å²) in [6.07, 6.45) is 6.54. The average molecular weight is 231 g/mol. The number of carbonyl (C=O) groups is 1. The summed E-state index contributed by atoms with van der Waals surface area (Å²) in [4.78, 5) is 23.8. The molecule has 0 amide bonds. The standard InChI is InChI=1S/C14H17NO2/c1-9(16)12-8-10-4-2-3-5-13(10)15(14(12)17)11-6-7-11/h8,11H,2-7H2,1H3. The first-order valence-corrected chi connectivity index (χ1v) is 6.46. The molecule has 1 aromatic heterocycles. The van der Waals surface area contributed by atoms with Crippen LogP contribution < -0.4 is 5.56 Å². The zero-order valence-corrected chi connectivity index (χ0v) is 10.2. The summed E-state index contributed by atoms with van der Waals surface area (Å²) < 4.78 is 1.92. The van der Waals surface area contributed by atoms with Gasteiger partial charge in [-0.1, -0.05) is 0 Å². The van der Waals surface area contributed by atoms with Crippen LogP contribution in [-0.2, 0) is 12.8 Å². The molecular weight excluding hydrogens is 214 g/mol. The Morgan fingerprint density at radius 3 is 2.65 bits per heavy atom. The number of fused-ring (bicyclic) bond motifs is 1. The number of pyridine rings is 1. The van der Waals surface area contributed by atoms with Crippen molar-refractivity contribution < 1.29 is 4.79 Å². The summed E-state index contributed by atoms with van der Waals surface area (Å²) >= 11 is 0. The molecule has 2 aliphatic carbocycles. The Bertz CT molecular complexity index is 538. The fourth-order valence-electron chi connectivity index (χ4n) is 2.80. The molecule has 3 heteroatoms. The highest BCUT2D eigenvalue weighted by molar-refractivity contribution is 5.93. The number of Topliss-reactive ketones (excluding diaryl/α,β-unsaturated/α-hetero) is 1. The topological polar surface area (TPSA) is 39.1 Å². The first-order valence-electron chi connectivity index (χ1n) is 6.46. The largest absolute Gasteiger partial charge is 0.309 e. The van der Waals surface area contributed by atoms with Gasteiger partial charge in [0.05, 0.1) is 5.56 Å². The van der Waals surface area contributed by atoms with Crippen molar-refractivity contribution in [2.45, 2.75) is 51.5 Å². The molecule has 0 saturated heterocycles. The molecule has 1 saturated carbocycles. The van der Waals surface area contributed by atoms with Crippen LogP contribution >= 0.6 is 0 Å². The van der Waals surface area contributed by atoms with Gasteiger partial charge in [-0.05, 0) is 57.1 Å². The zero-order chi connectivity index (χ0) is 12.0. The normalized spacial score (nSPS) is 18.9. The second-order valence-corrected chi connectivity index (χ2v) is 5.20. The van der Waals surface area contributed by atoms with E-state index in [4.69, 9.17) is 0 Å². The highest BCUT2D eigenvalue weighted by atomic mass is 16.1. The number of hydrogen-bond donors (Lipinski definition) is 0. The summed E-state index contributed by atoms with van der Waals surface area (Å²) in [5.41, 5.74) is 2.76. The van der Waals surface area contributed by atoms with Gasteiger partial charge in [-0.15, -0.1) is 0 Å². The molecule has 0 radical (unpaired) electrons. The van der Waals surface area contributed by atoms with Gasteiger partial charge in [0.25, 0.3) is 5.56 Å². The Labute approximate surface area is 100 Å². The molecule has 0 atom stereocenters. The lowest BCUT2D eigenvalue weighted by Gasteiger charge is -2.21. The van der Waals surface area contributed by atoms with Gasteiger partial charge in [0, 0.05) is 11.7 Å². The maximum atomic E-state index is 12.3. The summed E-state index contributed by atoms with van der Waals surface area (Å²) in [6.45, 7) is 1.49. The van der Waals surface area contributed by atoms with Crippen LogP contribution in [0.4, 0.5) is 0 Å². The second kappa shape index (κ2) is 3.83. The minimum atomic E-state index is -0.0993. The Hall–Kier alpha value is -1.38. The average Bonchev–Trinajstić information content (AvgIpc) is 3.12. The smallest absolute Gasteiger partial charge is 0.261 e. The van der Waals surface area contributed by atoms with E-state index in [2.05, 4.69) is 0 Å². The molecule has 0 aliphatic heterocycles. The number of carbonyl (C=O) groups excluding carboxylic acids is 1. The molecule has 17 heavy (non-hydrogen) atoms. The highest BCUT2D eigenvalue weighted by Crippen LogP contribution is 2.36. The highest BCUT2D eigenvalue weighted by Gasteiger charge is 2.30. The molecule has 2 aliphatic rings. The van der Waals surface area contributed by atoms with Crippen LogP contribution in [0.1, 0.15) is 60.3 Å². The molecule has 0 unspecified atom stereocenters. The second-order valence-electron chi connectivity index (χ2n) is 5.20. The molecule has 90 valence electrons. The van der Waals surface area contributed by atoms with Gasteiger partial charge in [0.2, 0.25) is 0 Å². The lowest BCUT2D eigenvalue weighted by Crippen LogP contribution is -2.30. The van der Waals surface area contributed by atoms with Crippen LogP contribution in [0.2, 0.25) is 0 Å². The molecule has 0 spiro atoms. The van der Waals surface area contributed by atoms with Crippen molar-refractivity contribution in [3.05, 3.63) is 33.2 Å². The summed E-state index contributed by atoms with van der Waals surface area (Å²) in [7, 11) is 0. The number of hydrogen-bond acceptors (Lipinski definition) is 2. The number of aromatic nitrogens is 1. The van der Waals surface area contributed by atoms with Crippen LogP contribution in [-0.4, -0.2) is 10.4 Å². The molecule has 0 N–H and O–H groups in total. The van der Waals surface area contributed by atoms with E-state index in [1.807, 2.05) is 10.6 Å². The quantitative estimate of drug-likeness (QED) is 0.732. The van der Waals surface area contributed by atoms with Crippen molar-refractivity contribution in [2.24, 2.45) is 0 Å². The molecular formula is C14H17NO2. The van der Waals surface area contributed by atoms with Crippen molar-refractivity contribution in [3.8, 4) is 0 Å². The van der Waals surface area contributed by atoms with Gasteiger partial charge in [-0.3, -0.25) is 9.59 Å². The Morgan fingerprint density at radius 1 is 1.29 bits per heavy atom. The molecule has 0 bridgehead atoms. The maximum absolute atomic E-state index is 12.3. The van der Waals surface area contributed by atoms with Crippen molar-refractivity contribution in [1.29, 1.82) is 0 Å². The van der Waals surface area contributed by atoms with Crippen LogP contribution in [0.5, 0.6) is 0 Å². The van der Waals surface area contributed by atoms with Gasteiger partial charge >= 0.3 is 0 Å². The monoisotopic (exact) mass is 231 g/mol. The van der Waals surface area contributed by atoms with Gasteiger partial charge in [-0.2, -0.15) is 0 Å². The summed E-state index contributed by atoms with van der Waals surface area (Å²) in [6, 6.07) is 2.21. The molecule has 3 nitrogen and oxygen atoms in total. The van der Waals surface area contributed by atoms with E-state index in [1.54, 1.807) is 0 Å². The SMILES string of the molecule is CC(=O)c1cc2c(n(C3CC3)c1=O)CCCC2. The fourth-order valence-corrected chi connectivity index (χ4v) is 2.80. The number of ketones is 1. The van der Waals surface area contributed by atoms with E-state index >= 15 is 0 Å². The van der Waals surface area contributed by atoms with Crippen molar-refractivity contribution in [2.75, 3.05) is 0 Å². The minimum absolute atomic E-state index is 0.0550. The van der Waals surface area contributed by atoms with Gasteiger partial charge < -0.3 is 4.57 Å². The van der Waals surface area contributed by atoms with Crippen molar-refractivity contribution in [1.82, 2.24) is 4.57 Å². The van der Waals surface area contributed by atoms with Gasteiger partial charge in [-0.25, -0.2) is 0 Å². The number of rotatable bonds is 2. The third kappa shape index (κ3) is 1.74. The van der Waals surface area contributed by atoms with Crippen molar-refractivity contribution >= 4 is 5.78 Å². The van der Waals surface area contributed by atoms with E-state index in [1.165, 1.54) is 31.0 Å². The Morgan fingerprint density at radius 2 is 2.00 bits per heavy atom. The van der Waals surface area contributed by atoms with Crippen LogP contribution in [0.3, 0.4) is 0 Å². The Balaban J connectivity index is 2.25. The molecule has 1 fully saturated rings. The van der Waals surface area contributed by atoms with Gasteiger partial charge in [0.15, 0.2) is 5.78 Å². The van der Waals surface area contributed by atoms with E-state index in [-0.39, 0.29) is 11.3 Å². The van der Waals surface area contributed by atoms with E-state index < -0.39 is 0 Å². The summed E-state index contributed by atoms with van der Waals surface area (Å²) in [5.74, 6) is -0.0993. The number of aryl methyl sites for hydroxylation is 1.